The Morgan fingerprint density at radius 2 is 1.90 bits per heavy atom. The second-order valence-electron chi connectivity index (χ2n) is 7.70. The monoisotopic (exact) mass is 413 g/mol. The first-order chi connectivity index (χ1) is 14.5. The van der Waals surface area contributed by atoms with Gasteiger partial charge < -0.3 is 4.90 Å². The van der Waals surface area contributed by atoms with Gasteiger partial charge in [-0.2, -0.15) is 5.10 Å². The summed E-state index contributed by atoms with van der Waals surface area (Å²) in [5.74, 6) is -4.17. The van der Waals surface area contributed by atoms with Crippen molar-refractivity contribution in [2.75, 3.05) is 0 Å². The maximum absolute atomic E-state index is 13.9. The molecule has 5 rings (SSSR count). The van der Waals surface area contributed by atoms with E-state index in [1.807, 2.05) is 4.90 Å². The molecular formula is C21H18F3N5O. The molecule has 30 heavy (non-hydrogen) atoms. The lowest BCUT2D eigenvalue weighted by molar-refractivity contribution is 0.0385. The van der Waals surface area contributed by atoms with Crippen LogP contribution in [0.1, 0.15) is 47.1 Å². The molecule has 0 aliphatic carbocycles. The van der Waals surface area contributed by atoms with Crippen molar-refractivity contribution in [1.82, 2.24) is 24.6 Å². The number of amides is 1. The van der Waals surface area contributed by atoms with E-state index in [-0.39, 0.29) is 29.2 Å². The van der Waals surface area contributed by atoms with Gasteiger partial charge in [0, 0.05) is 36.6 Å². The van der Waals surface area contributed by atoms with E-state index < -0.39 is 17.5 Å². The minimum absolute atomic E-state index is 0.0798. The molecule has 9 heteroatoms. The molecule has 0 radical (unpaired) electrons. The molecule has 0 spiro atoms. The van der Waals surface area contributed by atoms with Gasteiger partial charge in [-0.05, 0) is 37.8 Å². The summed E-state index contributed by atoms with van der Waals surface area (Å²) in [7, 11) is 1.69. The second-order valence-corrected chi connectivity index (χ2v) is 7.70. The highest BCUT2D eigenvalue weighted by Gasteiger charge is 2.44. The molecule has 1 amide bonds. The third-order valence-electron chi connectivity index (χ3n) is 5.95. The Morgan fingerprint density at radius 3 is 2.60 bits per heavy atom. The Balaban J connectivity index is 1.60. The minimum Gasteiger partial charge on any atom is -0.325 e. The van der Waals surface area contributed by atoms with Crippen molar-refractivity contribution in [2.45, 2.75) is 37.8 Å². The highest BCUT2D eigenvalue weighted by molar-refractivity contribution is 5.93. The van der Waals surface area contributed by atoms with Crippen LogP contribution in [0.15, 0.2) is 30.7 Å². The third-order valence-corrected chi connectivity index (χ3v) is 5.95. The highest BCUT2D eigenvalue weighted by atomic mass is 19.2. The fourth-order valence-corrected chi connectivity index (χ4v) is 4.74. The average molecular weight is 413 g/mol. The summed E-state index contributed by atoms with van der Waals surface area (Å²) < 4.78 is 42.8. The summed E-state index contributed by atoms with van der Waals surface area (Å²) in [6.45, 7) is 0. The van der Waals surface area contributed by atoms with Gasteiger partial charge in [-0.3, -0.25) is 14.5 Å². The number of aromatic nitrogens is 4. The summed E-state index contributed by atoms with van der Waals surface area (Å²) >= 11 is 0. The standard InChI is InChI=1S/C21H18F3N5O/c1-28-20(11-7-14(22)18(24)15(23)8-11)13-9-12-3-2-4-17(19(13)27-28)29(12)21(30)16-10-25-5-6-26-16/h5-8,10,12,17H,2-4,9H2,1H3/t12-,17+/m0/s1. The van der Waals surface area contributed by atoms with Gasteiger partial charge >= 0.3 is 0 Å². The van der Waals surface area contributed by atoms with Gasteiger partial charge in [-0.15, -0.1) is 0 Å². The first kappa shape index (κ1) is 18.8. The van der Waals surface area contributed by atoms with E-state index in [4.69, 9.17) is 0 Å². The van der Waals surface area contributed by atoms with E-state index in [1.54, 1.807) is 11.7 Å². The van der Waals surface area contributed by atoms with Crippen LogP contribution >= 0.6 is 0 Å². The molecule has 154 valence electrons. The lowest BCUT2D eigenvalue weighted by Crippen LogP contribution is -2.50. The minimum atomic E-state index is -1.49. The molecule has 1 fully saturated rings. The SMILES string of the molecule is Cn1nc2c(c1-c1cc(F)c(F)c(F)c1)C[C@@H]1CCC[C@H]2N1C(=O)c1cnccn1. The maximum Gasteiger partial charge on any atom is 0.274 e. The molecule has 0 unspecified atom stereocenters. The van der Waals surface area contributed by atoms with E-state index in [9.17, 15) is 18.0 Å². The Kier molecular flexibility index (Phi) is 4.34. The van der Waals surface area contributed by atoms with Crippen LogP contribution in [0.3, 0.4) is 0 Å². The predicted molar refractivity (Wildman–Crippen MR) is 101 cm³/mol. The lowest BCUT2D eigenvalue weighted by Gasteiger charge is -2.45. The topological polar surface area (TPSA) is 63.9 Å². The summed E-state index contributed by atoms with van der Waals surface area (Å²) in [6, 6.07) is 1.64. The normalized spacial score (nSPS) is 20.2. The van der Waals surface area contributed by atoms with Crippen LogP contribution in [0.2, 0.25) is 0 Å². The lowest BCUT2D eigenvalue weighted by atomic mass is 9.81. The number of halogens is 3. The Bertz CT molecular complexity index is 1120. The molecule has 6 nitrogen and oxygen atoms in total. The van der Waals surface area contributed by atoms with Crippen molar-refractivity contribution < 1.29 is 18.0 Å². The van der Waals surface area contributed by atoms with Crippen LogP contribution in [0.25, 0.3) is 11.3 Å². The van der Waals surface area contributed by atoms with Crippen molar-refractivity contribution >= 4 is 5.91 Å². The molecule has 2 bridgehead atoms. The zero-order valence-corrected chi connectivity index (χ0v) is 16.1. The number of nitrogens with zero attached hydrogens (tertiary/aromatic N) is 5. The van der Waals surface area contributed by atoms with Crippen molar-refractivity contribution in [3.8, 4) is 11.3 Å². The molecule has 2 aliphatic rings. The van der Waals surface area contributed by atoms with Gasteiger partial charge in [-0.25, -0.2) is 18.2 Å². The van der Waals surface area contributed by atoms with E-state index >= 15 is 0 Å². The van der Waals surface area contributed by atoms with Crippen LogP contribution < -0.4 is 0 Å². The number of carbonyl (C=O) groups excluding carboxylic acids is 1. The number of hydrogen-bond donors (Lipinski definition) is 0. The van der Waals surface area contributed by atoms with Crippen LogP contribution in [0, 0.1) is 17.5 Å². The molecular weight excluding hydrogens is 395 g/mol. The Hall–Kier alpha value is -3.23. The van der Waals surface area contributed by atoms with Gasteiger partial charge in [0.15, 0.2) is 17.5 Å². The molecule has 4 heterocycles. The van der Waals surface area contributed by atoms with Crippen LogP contribution in [0.5, 0.6) is 0 Å². The molecule has 0 saturated carbocycles. The van der Waals surface area contributed by atoms with Crippen molar-refractivity contribution in [1.29, 1.82) is 0 Å². The Labute approximate surface area is 170 Å². The smallest absolute Gasteiger partial charge is 0.274 e. The number of aryl methyl sites for hydroxylation is 1. The molecule has 2 atom stereocenters. The van der Waals surface area contributed by atoms with Gasteiger partial charge in [-0.1, -0.05) is 0 Å². The predicted octanol–water partition coefficient (Wildman–Crippen LogP) is 3.59. The number of fused-ring (bicyclic) bond motifs is 4. The largest absolute Gasteiger partial charge is 0.325 e. The molecule has 0 N–H and O–H groups in total. The van der Waals surface area contributed by atoms with Gasteiger partial charge in [0.1, 0.15) is 5.69 Å². The number of carbonyl (C=O) groups is 1. The zero-order valence-electron chi connectivity index (χ0n) is 16.1. The summed E-state index contributed by atoms with van der Waals surface area (Å²) in [5, 5.41) is 4.60. The van der Waals surface area contributed by atoms with Crippen molar-refractivity contribution in [3.05, 3.63) is 65.1 Å². The summed E-state index contributed by atoms with van der Waals surface area (Å²) in [5.41, 5.74) is 2.61. The van der Waals surface area contributed by atoms with E-state index in [2.05, 4.69) is 15.1 Å². The van der Waals surface area contributed by atoms with Gasteiger partial charge in [0.05, 0.1) is 23.6 Å². The first-order valence-electron chi connectivity index (χ1n) is 9.75. The number of hydrogen-bond acceptors (Lipinski definition) is 4. The van der Waals surface area contributed by atoms with Crippen LogP contribution in [-0.4, -0.2) is 36.6 Å². The fourth-order valence-electron chi connectivity index (χ4n) is 4.74. The Morgan fingerprint density at radius 1 is 1.13 bits per heavy atom. The number of benzene rings is 1. The molecule has 2 aliphatic heterocycles. The number of piperidine rings is 1. The molecule has 2 aromatic heterocycles. The molecule has 3 aromatic rings. The van der Waals surface area contributed by atoms with Crippen LogP contribution in [0.4, 0.5) is 13.2 Å². The maximum atomic E-state index is 13.9. The average Bonchev–Trinajstić information content (AvgIpc) is 3.07. The number of rotatable bonds is 2. The van der Waals surface area contributed by atoms with E-state index in [0.29, 0.717) is 17.8 Å². The molecule has 1 aromatic carbocycles. The third kappa shape index (κ3) is 2.79. The van der Waals surface area contributed by atoms with E-state index in [0.717, 1.165) is 37.0 Å². The van der Waals surface area contributed by atoms with Gasteiger partial charge in [0.25, 0.3) is 5.91 Å². The summed E-state index contributed by atoms with van der Waals surface area (Å²) in [6.07, 6.45) is 7.43. The summed E-state index contributed by atoms with van der Waals surface area (Å²) in [4.78, 5) is 23.1. The van der Waals surface area contributed by atoms with Gasteiger partial charge in [0.2, 0.25) is 0 Å². The highest BCUT2D eigenvalue weighted by Crippen LogP contribution is 2.45. The second kappa shape index (κ2) is 6.93. The van der Waals surface area contributed by atoms with Crippen molar-refractivity contribution in [2.24, 2.45) is 7.05 Å². The quantitative estimate of drug-likeness (QED) is 0.603. The fraction of sp³-hybridized carbons (Fsp3) is 0.333. The zero-order chi connectivity index (χ0) is 21.0. The van der Waals surface area contributed by atoms with Crippen LogP contribution in [-0.2, 0) is 13.5 Å². The molecule has 1 saturated heterocycles. The van der Waals surface area contributed by atoms with Crippen molar-refractivity contribution in [3.63, 3.8) is 0 Å². The first-order valence-corrected chi connectivity index (χ1v) is 9.75. The van der Waals surface area contributed by atoms with E-state index in [1.165, 1.54) is 18.6 Å².